The first kappa shape index (κ1) is 16.9. The monoisotopic (exact) mass is 335 g/mol. The molecule has 5 heteroatoms. The van der Waals surface area contributed by atoms with E-state index in [1.165, 1.54) is 10.9 Å². The smallest absolute Gasteiger partial charge is 0.261 e. The summed E-state index contributed by atoms with van der Waals surface area (Å²) in [6, 6.07) is 14.9. The largest absolute Gasteiger partial charge is 0.324 e. The average molecular weight is 335 g/mol. The highest BCUT2D eigenvalue weighted by molar-refractivity contribution is 5.91. The van der Waals surface area contributed by atoms with Crippen LogP contribution in [0.3, 0.4) is 0 Å². The second-order valence-corrected chi connectivity index (χ2v) is 6.14. The van der Waals surface area contributed by atoms with Crippen LogP contribution in [0.4, 0.5) is 5.69 Å². The van der Waals surface area contributed by atoms with E-state index in [0.29, 0.717) is 16.8 Å². The zero-order valence-electron chi connectivity index (χ0n) is 14.4. The molecule has 1 amide bonds. The van der Waals surface area contributed by atoms with E-state index >= 15 is 0 Å². The van der Waals surface area contributed by atoms with Gasteiger partial charge in [0.2, 0.25) is 5.91 Å². The predicted molar refractivity (Wildman–Crippen MR) is 99.8 cm³/mol. The van der Waals surface area contributed by atoms with Crippen molar-refractivity contribution in [1.29, 1.82) is 0 Å². The minimum Gasteiger partial charge on any atom is -0.324 e. The van der Waals surface area contributed by atoms with Crippen molar-refractivity contribution in [2.45, 2.75) is 32.7 Å². The van der Waals surface area contributed by atoms with E-state index in [-0.39, 0.29) is 18.0 Å². The standard InChI is InChI=1S/C20H21N3O2/c1-3-14(2)15-8-4-7-11-18(15)22-19(24)12-23-13-21-17-10-6-5-9-16(17)20(23)25/h4-11,13-14H,3,12H2,1-2H3,(H,22,24)/t14-/m1/s1. The Kier molecular flexibility index (Phi) is 4.93. The lowest BCUT2D eigenvalue weighted by molar-refractivity contribution is -0.116. The number of aromatic nitrogens is 2. The summed E-state index contributed by atoms with van der Waals surface area (Å²) >= 11 is 0. The summed E-state index contributed by atoms with van der Waals surface area (Å²) in [6.07, 6.45) is 2.41. The van der Waals surface area contributed by atoms with E-state index in [2.05, 4.69) is 24.1 Å². The number of anilines is 1. The average Bonchev–Trinajstić information content (AvgIpc) is 2.64. The maximum absolute atomic E-state index is 12.5. The fraction of sp³-hybridized carbons (Fsp3) is 0.250. The molecule has 3 rings (SSSR count). The van der Waals surface area contributed by atoms with Crippen LogP contribution < -0.4 is 10.9 Å². The molecular weight excluding hydrogens is 314 g/mol. The zero-order chi connectivity index (χ0) is 17.8. The molecule has 0 aliphatic carbocycles. The molecule has 0 aliphatic rings. The molecule has 3 aromatic rings. The van der Waals surface area contributed by atoms with Crippen molar-refractivity contribution in [3.8, 4) is 0 Å². The van der Waals surface area contributed by atoms with Gasteiger partial charge in [-0.2, -0.15) is 0 Å². The van der Waals surface area contributed by atoms with Crippen molar-refractivity contribution < 1.29 is 4.79 Å². The number of fused-ring (bicyclic) bond motifs is 1. The van der Waals surface area contributed by atoms with Crippen molar-refractivity contribution in [2.75, 3.05) is 5.32 Å². The van der Waals surface area contributed by atoms with Crippen LogP contribution in [0, 0.1) is 0 Å². The van der Waals surface area contributed by atoms with Crippen molar-refractivity contribution in [3.63, 3.8) is 0 Å². The van der Waals surface area contributed by atoms with Crippen LogP contribution >= 0.6 is 0 Å². The van der Waals surface area contributed by atoms with Gasteiger partial charge in [0.25, 0.3) is 5.56 Å². The number of carbonyl (C=O) groups is 1. The number of para-hydroxylation sites is 2. The van der Waals surface area contributed by atoms with Gasteiger partial charge in [0.15, 0.2) is 0 Å². The minimum atomic E-state index is -0.241. The fourth-order valence-electron chi connectivity index (χ4n) is 2.82. The van der Waals surface area contributed by atoms with E-state index in [0.717, 1.165) is 17.7 Å². The van der Waals surface area contributed by atoms with Gasteiger partial charge in [0.1, 0.15) is 6.54 Å². The van der Waals surface area contributed by atoms with Gasteiger partial charge in [-0.15, -0.1) is 0 Å². The summed E-state index contributed by atoms with van der Waals surface area (Å²) in [7, 11) is 0. The van der Waals surface area contributed by atoms with E-state index < -0.39 is 0 Å². The molecule has 0 radical (unpaired) electrons. The molecular formula is C20H21N3O2. The van der Waals surface area contributed by atoms with Crippen LogP contribution in [0.25, 0.3) is 10.9 Å². The summed E-state index contributed by atoms with van der Waals surface area (Å²) < 4.78 is 1.34. The van der Waals surface area contributed by atoms with E-state index in [1.54, 1.807) is 18.2 Å². The lowest BCUT2D eigenvalue weighted by atomic mass is 9.97. The maximum Gasteiger partial charge on any atom is 0.261 e. The quantitative estimate of drug-likeness (QED) is 0.775. The van der Waals surface area contributed by atoms with Crippen LogP contribution in [-0.4, -0.2) is 15.5 Å². The van der Waals surface area contributed by atoms with Gasteiger partial charge in [-0.1, -0.05) is 44.2 Å². The van der Waals surface area contributed by atoms with Gasteiger partial charge in [-0.25, -0.2) is 4.98 Å². The predicted octanol–water partition coefficient (Wildman–Crippen LogP) is 3.55. The number of hydrogen-bond donors (Lipinski definition) is 1. The van der Waals surface area contributed by atoms with Crippen molar-refractivity contribution in [1.82, 2.24) is 9.55 Å². The summed E-state index contributed by atoms with van der Waals surface area (Å²) in [5.41, 5.74) is 2.31. The Hall–Kier alpha value is -2.95. The minimum absolute atomic E-state index is 0.0640. The molecule has 0 bridgehead atoms. The summed E-state index contributed by atoms with van der Waals surface area (Å²) in [5.74, 6) is 0.108. The Morgan fingerprint density at radius 2 is 1.88 bits per heavy atom. The maximum atomic E-state index is 12.5. The second-order valence-electron chi connectivity index (χ2n) is 6.14. The summed E-state index contributed by atoms with van der Waals surface area (Å²) in [5, 5.41) is 3.43. The number of hydrogen-bond acceptors (Lipinski definition) is 3. The first-order valence-electron chi connectivity index (χ1n) is 8.43. The Balaban J connectivity index is 1.82. The molecule has 0 fully saturated rings. The third-order valence-corrected chi connectivity index (χ3v) is 4.42. The molecule has 0 spiro atoms. The first-order chi connectivity index (χ1) is 12.1. The van der Waals surface area contributed by atoms with Crippen LogP contribution in [-0.2, 0) is 11.3 Å². The van der Waals surface area contributed by atoms with Gasteiger partial charge in [0, 0.05) is 5.69 Å². The Morgan fingerprint density at radius 1 is 1.16 bits per heavy atom. The number of rotatable bonds is 5. The first-order valence-corrected chi connectivity index (χ1v) is 8.43. The third-order valence-electron chi connectivity index (χ3n) is 4.42. The van der Waals surface area contributed by atoms with Crippen molar-refractivity contribution in [2.24, 2.45) is 0 Å². The number of carbonyl (C=O) groups excluding carboxylic acids is 1. The molecule has 2 aromatic carbocycles. The topological polar surface area (TPSA) is 64.0 Å². The van der Waals surface area contributed by atoms with E-state index in [1.807, 2.05) is 30.3 Å². The van der Waals surface area contributed by atoms with Gasteiger partial charge in [-0.3, -0.25) is 14.2 Å². The highest BCUT2D eigenvalue weighted by Crippen LogP contribution is 2.26. The Bertz CT molecular complexity index is 962. The molecule has 1 atom stereocenters. The molecule has 128 valence electrons. The number of nitrogens with one attached hydrogen (secondary N) is 1. The zero-order valence-corrected chi connectivity index (χ0v) is 14.4. The van der Waals surface area contributed by atoms with Gasteiger partial charge < -0.3 is 5.32 Å². The van der Waals surface area contributed by atoms with Crippen LogP contribution in [0.15, 0.2) is 59.7 Å². The normalized spacial score (nSPS) is 12.1. The second kappa shape index (κ2) is 7.30. The van der Waals surface area contributed by atoms with Crippen LogP contribution in [0.2, 0.25) is 0 Å². The third kappa shape index (κ3) is 3.60. The molecule has 1 aromatic heterocycles. The lowest BCUT2D eigenvalue weighted by Crippen LogP contribution is -2.28. The van der Waals surface area contributed by atoms with Crippen molar-refractivity contribution >= 4 is 22.5 Å². The van der Waals surface area contributed by atoms with Crippen LogP contribution in [0.1, 0.15) is 31.7 Å². The highest BCUT2D eigenvalue weighted by Gasteiger charge is 2.12. The molecule has 0 aliphatic heterocycles. The van der Waals surface area contributed by atoms with Gasteiger partial charge in [-0.05, 0) is 36.1 Å². The molecule has 25 heavy (non-hydrogen) atoms. The van der Waals surface area contributed by atoms with E-state index in [9.17, 15) is 9.59 Å². The van der Waals surface area contributed by atoms with Crippen LogP contribution in [0.5, 0.6) is 0 Å². The molecule has 0 unspecified atom stereocenters. The number of benzene rings is 2. The van der Waals surface area contributed by atoms with Crippen molar-refractivity contribution in [3.05, 3.63) is 70.8 Å². The highest BCUT2D eigenvalue weighted by atomic mass is 16.2. The summed E-state index contributed by atoms with van der Waals surface area (Å²) in [6.45, 7) is 4.18. The molecule has 1 N–H and O–H groups in total. The van der Waals surface area contributed by atoms with Gasteiger partial charge >= 0.3 is 0 Å². The molecule has 1 heterocycles. The fourth-order valence-corrected chi connectivity index (χ4v) is 2.82. The summed E-state index contributed by atoms with van der Waals surface area (Å²) in [4.78, 5) is 29.2. The molecule has 0 saturated heterocycles. The SMILES string of the molecule is CC[C@@H](C)c1ccccc1NC(=O)Cn1cnc2ccccc2c1=O. The Morgan fingerprint density at radius 3 is 2.68 bits per heavy atom. The number of nitrogens with zero attached hydrogens (tertiary/aromatic N) is 2. The van der Waals surface area contributed by atoms with E-state index in [4.69, 9.17) is 0 Å². The number of amides is 1. The molecule has 0 saturated carbocycles. The Labute approximate surface area is 146 Å². The molecule has 5 nitrogen and oxygen atoms in total. The van der Waals surface area contributed by atoms with Gasteiger partial charge in [0.05, 0.1) is 17.2 Å². The lowest BCUT2D eigenvalue weighted by Gasteiger charge is -2.16.